The van der Waals surface area contributed by atoms with E-state index in [1.165, 1.54) is 6.33 Å². The largest absolute Gasteiger partial charge is 0.467 e. The van der Waals surface area contributed by atoms with Gasteiger partial charge in [0, 0.05) is 24.5 Å². The monoisotopic (exact) mass is 350 g/mol. The number of nitrogens with zero attached hydrogens (tertiary/aromatic N) is 3. The van der Waals surface area contributed by atoms with Gasteiger partial charge in [-0.05, 0) is 50.2 Å². The van der Waals surface area contributed by atoms with E-state index in [0.717, 1.165) is 35.4 Å². The molecule has 0 saturated heterocycles. The molecule has 134 valence electrons. The number of amides is 1. The van der Waals surface area contributed by atoms with Gasteiger partial charge in [-0.15, -0.1) is 0 Å². The molecule has 0 bridgehead atoms. The number of anilines is 2. The summed E-state index contributed by atoms with van der Waals surface area (Å²) in [5.74, 6) is 0.172. The first-order valence-corrected chi connectivity index (χ1v) is 8.68. The van der Waals surface area contributed by atoms with Crippen LogP contribution in [-0.4, -0.2) is 35.6 Å². The predicted molar refractivity (Wildman–Crippen MR) is 104 cm³/mol. The average molecular weight is 350 g/mol. The third-order valence-electron chi connectivity index (χ3n) is 4.13. The lowest BCUT2D eigenvalue weighted by atomic mass is 10.2. The molecule has 0 unspecified atom stereocenters. The normalized spacial score (nSPS) is 10.5. The summed E-state index contributed by atoms with van der Waals surface area (Å²) in [5, 5.41) is 3.62. The Kier molecular flexibility index (Phi) is 5.63. The molecule has 0 aliphatic heterocycles. The van der Waals surface area contributed by atoms with E-state index < -0.39 is 0 Å². The highest BCUT2D eigenvalue weighted by Crippen LogP contribution is 2.21. The molecular formula is C20H22N4O2. The fraction of sp³-hybridized carbons (Fsp3) is 0.250. The fourth-order valence-electron chi connectivity index (χ4n) is 2.77. The smallest absolute Gasteiger partial charge is 0.262 e. The molecule has 0 saturated carbocycles. The van der Waals surface area contributed by atoms with Gasteiger partial charge < -0.3 is 15.0 Å². The number of ether oxygens (including phenoxy) is 1. The van der Waals surface area contributed by atoms with Gasteiger partial charge in [-0.1, -0.05) is 12.1 Å². The summed E-state index contributed by atoms with van der Waals surface area (Å²) in [6.45, 7) is 6.02. The van der Waals surface area contributed by atoms with Gasteiger partial charge in [0.1, 0.15) is 6.33 Å². The molecule has 3 aromatic rings. The van der Waals surface area contributed by atoms with Gasteiger partial charge >= 0.3 is 0 Å². The molecule has 0 aliphatic rings. The summed E-state index contributed by atoms with van der Waals surface area (Å²) in [5.41, 5.74) is 2.66. The summed E-state index contributed by atoms with van der Waals surface area (Å²) >= 11 is 0. The number of hydrogen-bond donors (Lipinski definition) is 1. The van der Waals surface area contributed by atoms with Crippen molar-refractivity contribution < 1.29 is 9.53 Å². The Balaban J connectivity index is 1.60. The average Bonchev–Trinajstić information content (AvgIpc) is 2.68. The first-order valence-electron chi connectivity index (χ1n) is 8.68. The van der Waals surface area contributed by atoms with E-state index in [4.69, 9.17) is 4.74 Å². The Labute approximate surface area is 152 Å². The van der Waals surface area contributed by atoms with Gasteiger partial charge in [-0.3, -0.25) is 4.79 Å². The summed E-state index contributed by atoms with van der Waals surface area (Å²) in [4.78, 5) is 22.7. The highest BCUT2D eigenvalue weighted by Gasteiger charge is 2.08. The zero-order valence-corrected chi connectivity index (χ0v) is 15.0. The second-order valence-electron chi connectivity index (χ2n) is 5.75. The topological polar surface area (TPSA) is 67.4 Å². The lowest BCUT2D eigenvalue weighted by Gasteiger charge is -2.21. The third kappa shape index (κ3) is 4.08. The SMILES string of the molecule is CCN(CC)c1ccc(NC(=O)COc2ncnc3ccccc23)cc1. The molecular weight excluding hydrogens is 328 g/mol. The Bertz CT molecular complexity index is 871. The number of rotatable bonds is 7. The molecule has 6 nitrogen and oxygen atoms in total. The van der Waals surface area contributed by atoms with Gasteiger partial charge in [-0.25, -0.2) is 9.97 Å². The van der Waals surface area contributed by atoms with Gasteiger partial charge in [0.05, 0.1) is 10.9 Å². The predicted octanol–water partition coefficient (Wildman–Crippen LogP) is 3.49. The van der Waals surface area contributed by atoms with E-state index >= 15 is 0 Å². The van der Waals surface area contributed by atoms with Crippen LogP contribution in [0.5, 0.6) is 5.88 Å². The van der Waals surface area contributed by atoms with Gasteiger partial charge in [-0.2, -0.15) is 0 Å². The van der Waals surface area contributed by atoms with E-state index in [1.54, 1.807) is 0 Å². The van der Waals surface area contributed by atoms with E-state index in [1.807, 2.05) is 48.5 Å². The fourth-order valence-corrected chi connectivity index (χ4v) is 2.77. The summed E-state index contributed by atoms with van der Waals surface area (Å²) in [6.07, 6.45) is 1.43. The van der Waals surface area contributed by atoms with Crippen molar-refractivity contribution >= 4 is 28.2 Å². The van der Waals surface area contributed by atoms with Gasteiger partial charge in [0.25, 0.3) is 5.91 Å². The van der Waals surface area contributed by atoms with Crippen LogP contribution in [0.15, 0.2) is 54.9 Å². The van der Waals surface area contributed by atoms with E-state index in [-0.39, 0.29) is 12.5 Å². The first kappa shape index (κ1) is 17.7. The molecule has 0 radical (unpaired) electrons. The minimum Gasteiger partial charge on any atom is -0.467 e. The highest BCUT2D eigenvalue weighted by molar-refractivity contribution is 5.92. The number of benzene rings is 2. The highest BCUT2D eigenvalue weighted by atomic mass is 16.5. The lowest BCUT2D eigenvalue weighted by molar-refractivity contribution is -0.118. The molecule has 0 aliphatic carbocycles. The van der Waals surface area contributed by atoms with Crippen molar-refractivity contribution in [3.8, 4) is 5.88 Å². The van der Waals surface area contributed by atoms with Crippen LogP contribution in [0.1, 0.15) is 13.8 Å². The molecule has 0 spiro atoms. The van der Waals surface area contributed by atoms with Gasteiger partial charge in [0.2, 0.25) is 5.88 Å². The van der Waals surface area contributed by atoms with E-state index in [9.17, 15) is 4.79 Å². The van der Waals surface area contributed by atoms with Crippen LogP contribution in [-0.2, 0) is 4.79 Å². The number of fused-ring (bicyclic) bond motifs is 1. The van der Waals surface area contributed by atoms with Crippen molar-refractivity contribution in [2.75, 3.05) is 29.9 Å². The second kappa shape index (κ2) is 8.29. The van der Waals surface area contributed by atoms with Crippen molar-refractivity contribution in [2.45, 2.75) is 13.8 Å². The zero-order chi connectivity index (χ0) is 18.4. The van der Waals surface area contributed by atoms with Crippen LogP contribution in [0.2, 0.25) is 0 Å². The molecule has 1 heterocycles. The third-order valence-corrected chi connectivity index (χ3v) is 4.13. The van der Waals surface area contributed by atoms with Gasteiger partial charge in [0.15, 0.2) is 6.61 Å². The summed E-state index contributed by atoms with van der Waals surface area (Å²) in [6, 6.07) is 15.3. The Morgan fingerprint density at radius 2 is 1.77 bits per heavy atom. The lowest BCUT2D eigenvalue weighted by Crippen LogP contribution is -2.22. The molecule has 2 aromatic carbocycles. The second-order valence-corrected chi connectivity index (χ2v) is 5.75. The number of hydrogen-bond acceptors (Lipinski definition) is 5. The molecule has 1 aromatic heterocycles. The van der Waals surface area contributed by atoms with Crippen molar-refractivity contribution in [2.24, 2.45) is 0 Å². The maximum absolute atomic E-state index is 12.2. The van der Waals surface area contributed by atoms with Crippen LogP contribution in [0.3, 0.4) is 0 Å². The molecule has 6 heteroatoms. The van der Waals surface area contributed by atoms with E-state index in [0.29, 0.717) is 5.88 Å². The minimum atomic E-state index is -0.233. The maximum atomic E-state index is 12.2. The number of carbonyl (C=O) groups excluding carboxylic acids is 1. The Hall–Kier alpha value is -3.15. The van der Waals surface area contributed by atoms with Crippen molar-refractivity contribution in [1.82, 2.24) is 9.97 Å². The van der Waals surface area contributed by atoms with Crippen LogP contribution >= 0.6 is 0 Å². The van der Waals surface area contributed by atoms with E-state index in [2.05, 4.69) is 34.0 Å². The van der Waals surface area contributed by atoms with Crippen LogP contribution in [0.4, 0.5) is 11.4 Å². The quantitative estimate of drug-likeness (QED) is 0.706. The number of para-hydroxylation sites is 1. The standard InChI is InChI=1S/C20H22N4O2/c1-3-24(4-2)16-11-9-15(10-12-16)23-19(25)13-26-20-17-7-5-6-8-18(17)21-14-22-20/h5-12,14H,3-4,13H2,1-2H3,(H,23,25). The maximum Gasteiger partial charge on any atom is 0.262 e. The van der Waals surface area contributed by atoms with Crippen LogP contribution < -0.4 is 15.0 Å². The molecule has 3 rings (SSSR count). The molecule has 0 atom stereocenters. The summed E-state index contributed by atoms with van der Waals surface area (Å²) in [7, 11) is 0. The van der Waals surface area contributed by atoms with Crippen molar-refractivity contribution in [3.63, 3.8) is 0 Å². The minimum absolute atomic E-state index is 0.112. The Morgan fingerprint density at radius 1 is 1.04 bits per heavy atom. The van der Waals surface area contributed by atoms with Crippen LogP contribution in [0.25, 0.3) is 10.9 Å². The summed E-state index contributed by atoms with van der Waals surface area (Å²) < 4.78 is 5.58. The molecule has 0 fully saturated rings. The van der Waals surface area contributed by atoms with Crippen molar-refractivity contribution in [1.29, 1.82) is 0 Å². The number of aromatic nitrogens is 2. The Morgan fingerprint density at radius 3 is 2.50 bits per heavy atom. The molecule has 26 heavy (non-hydrogen) atoms. The first-order chi connectivity index (χ1) is 12.7. The van der Waals surface area contributed by atoms with Crippen LogP contribution in [0, 0.1) is 0 Å². The zero-order valence-electron chi connectivity index (χ0n) is 15.0. The molecule has 1 amide bonds. The molecule has 1 N–H and O–H groups in total. The number of carbonyl (C=O) groups is 1. The number of nitrogens with one attached hydrogen (secondary N) is 1. The van der Waals surface area contributed by atoms with Crippen molar-refractivity contribution in [3.05, 3.63) is 54.9 Å².